The minimum atomic E-state index is -4.88. The molecule has 0 amide bonds. The topological polar surface area (TPSA) is 65.7 Å². The van der Waals surface area contributed by atoms with Crippen molar-refractivity contribution in [3.8, 4) is 11.7 Å². The van der Waals surface area contributed by atoms with E-state index in [-0.39, 0.29) is 5.88 Å². The molecule has 114 valence electrons. The summed E-state index contributed by atoms with van der Waals surface area (Å²) in [5, 5.41) is 3.88. The maximum atomic E-state index is 12.8. The SMILES string of the molecule is Cc1c(OCCC(F)C(F)(F)F)ncnc1-n1cncn1. The molecule has 0 fully saturated rings. The van der Waals surface area contributed by atoms with Crippen LogP contribution < -0.4 is 4.74 Å². The van der Waals surface area contributed by atoms with Gasteiger partial charge >= 0.3 is 6.18 Å². The smallest absolute Gasteiger partial charge is 0.419 e. The maximum absolute atomic E-state index is 12.8. The highest BCUT2D eigenvalue weighted by Gasteiger charge is 2.39. The number of rotatable bonds is 5. The highest BCUT2D eigenvalue weighted by molar-refractivity contribution is 5.37. The van der Waals surface area contributed by atoms with E-state index in [0.29, 0.717) is 11.4 Å². The molecule has 21 heavy (non-hydrogen) atoms. The van der Waals surface area contributed by atoms with Gasteiger partial charge < -0.3 is 4.74 Å². The summed E-state index contributed by atoms with van der Waals surface area (Å²) in [7, 11) is 0. The fourth-order valence-corrected chi connectivity index (χ4v) is 1.54. The van der Waals surface area contributed by atoms with Gasteiger partial charge in [0, 0.05) is 6.42 Å². The summed E-state index contributed by atoms with van der Waals surface area (Å²) in [6, 6.07) is 0. The summed E-state index contributed by atoms with van der Waals surface area (Å²) in [5.41, 5.74) is 0.463. The molecule has 2 aromatic rings. The molecular formula is C11H11F4N5O. The highest BCUT2D eigenvalue weighted by atomic mass is 19.4. The van der Waals surface area contributed by atoms with E-state index in [4.69, 9.17) is 4.74 Å². The molecule has 2 rings (SSSR count). The second kappa shape index (κ2) is 6.02. The first kappa shape index (κ1) is 15.1. The van der Waals surface area contributed by atoms with Crippen LogP contribution in [0.2, 0.25) is 0 Å². The Kier molecular flexibility index (Phi) is 4.34. The Morgan fingerprint density at radius 3 is 2.67 bits per heavy atom. The summed E-state index contributed by atoms with van der Waals surface area (Å²) < 4.78 is 55.3. The number of aromatic nitrogens is 5. The monoisotopic (exact) mass is 305 g/mol. The minimum absolute atomic E-state index is 0.0740. The molecule has 0 saturated heterocycles. The molecule has 10 heteroatoms. The lowest BCUT2D eigenvalue weighted by atomic mass is 10.3. The molecular weight excluding hydrogens is 294 g/mol. The zero-order valence-corrected chi connectivity index (χ0v) is 10.9. The van der Waals surface area contributed by atoms with Gasteiger partial charge in [-0.05, 0) is 6.92 Å². The van der Waals surface area contributed by atoms with E-state index in [1.807, 2.05) is 0 Å². The summed E-state index contributed by atoms with van der Waals surface area (Å²) in [4.78, 5) is 11.5. The average molecular weight is 305 g/mol. The predicted octanol–water partition coefficient (Wildman–Crippen LogP) is 2.04. The van der Waals surface area contributed by atoms with Gasteiger partial charge in [0.2, 0.25) is 5.88 Å². The van der Waals surface area contributed by atoms with Gasteiger partial charge in [0.25, 0.3) is 0 Å². The van der Waals surface area contributed by atoms with Crippen LogP contribution in [0.15, 0.2) is 19.0 Å². The molecule has 2 aromatic heterocycles. The van der Waals surface area contributed by atoms with E-state index in [0.717, 1.165) is 0 Å². The second-order valence-electron chi connectivity index (χ2n) is 4.11. The molecule has 0 aliphatic rings. The van der Waals surface area contributed by atoms with Crippen molar-refractivity contribution in [2.75, 3.05) is 6.61 Å². The molecule has 1 unspecified atom stereocenters. The molecule has 0 spiro atoms. The number of hydrogen-bond acceptors (Lipinski definition) is 5. The van der Waals surface area contributed by atoms with E-state index in [1.54, 1.807) is 6.92 Å². The van der Waals surface area contributed by atoms with Gasteiger partial charge in [-0.25, -0.2) is 24.0 Å². The van der Waals surface area contributed by atoms with Crippen molar-refractivity contribution in [1.82, 2.24) is 24.7 Å². The molecule has 0 aliphatic carbocycles. The molecule has 0 saturated carbocycles. The highest BCUT2D eigenvalue weighted by Crippen LogP contribution is 2.26. The van der Waals surface area contributed by atoms with Gasteiger partial charge in [-0.3, -0.25) is 0 Å². The third-order valence-corrected chi connectivity index (χ3v) is 2.61. The lowest BCUT2D eigenvalue weighted by Gasteiger charge is -2.13. The van der Waals surface area contributed by atoms with Crippen LogP contribution in [0.4, 0.5) is 17.6 Å². The lowest BCUT2D eigenvalue weighted by Crippen LogP contribution is -2.26. The first-order valence-electron chi connectivity index (χ1n) is 5.89. The van der Waals surface area contributed by atoms with Crippen molar-refractivity contribution in [2.45, 2.75) is 25.7 Å². The third kappa shape index (κ3) is 3.64. The fraction of sp³-hybridized carbons (Fsp3) is 0.455. The second-order valence-corrected chi connectivity index (χ2v) is 4.11. The molecule has 0 radical (unpaired) electrons. The third-order valence-electron chi connectivity index (χ3n) is 2.61. The van der Waals surface area contributed by atoms with Crippen molar-refractivity contribution in [2.24, 2.45) is 0 Å². The van der Waals surface area contributed by atoms with Crippen LogP contribution in [0.1, 0.15) is 12.0 Å². The van der Waals surface area contributed by atoms with Crippen molar-refractivity contribution >= 4 is 0 Å². The van der Waals surface area contributed by atoms with Crippen LogP contribution in [-0.2, 0) is 0 Å². The van der Waals surface area contributed by atoms with Crippen molar-refractivity contribution in [1.29, 1.82) is 0 Å². The van der Waals surface area contributed by atoms with E-state index in [1.165, 1.54) is 23.7 Å². The Labute approximate surface area is 116 Å². The molecule has 0 bridgehead atoms. The molecule has 6 nitrogen and oxygen atoms in total. The Bertz CT molecular complexity index is 587. The first-order valence-corrected chi connectivity index (χ1v) is 5.89. The fourth-order valence-electron chi connectivity index (χ4n) is 1.54. The van der Waals surface area contributed by atoms with Gasteiger partial charge in [-0.2, -0.15) is 18.3 Å². The van der Waals surface area contributed by atoms with Crippen LogP contribution in [0, 0.1) is 6.92 Å². The van der Waals surface area contributed by atoms with Gasteiger partial charge in [0.15, 0.2) is 12.0 Å². The maximum Gasteiger partial charge on any atom is 0.419 e. The van der Waals surface area contributed by atoms with E-state index in [9.17, 15) is 17.6 Å². The summed E-state index contributed by atoms with van der Waals surface area (Å²) >= 11 is 0. The standard InChI is InChI=1S/C11H11F4N5O/c1-7-9(20-6-16-4-19-20)17-5-18-10(7)21-3-2-8(12)11(13,14)15/h4-6,8H,2-3H2,1H3. The normalized spacial score (nSPS) is 13.2. The van der Waals surface area contributed by atoms with Gasteiger partial charge in [0.05, 0.1) is 12.2 Å². The summed E-state index contributed by atoms with van der Waals surface area (Å²) in [5.74, 6) is 0.454. The van der Waals surface area contributed by atoms with E-state index >= 15 is 0 Å². The minimum Gasteiger partial charge on any atom is -0.477 e. The number of nitrogens with zero attached hydrogens (tertiary/aromatic N) is 5. The molecule has 2 heterocycles. The largest absolute Gasteiger partial charge is 0.477 e. The van der Waals surface area contributed by atoms with Crippen LogP contribution in [-0.4, -0.2) is 43.7 Å². The molecule has 0 N–H and O–H groups in total. The van der Waals surface area contributed by atoms with Crippen LogP contribution >= 0.6 is 0 Å². The zero-order valence-electron chi connectivity index (χ0n) is 10.9. The molecule has 1 atom stereocenters. The number of alkyl halides is 4. The average Bonchev–Trinajstić information content (AvgIpc) is 2.93. The molecule has 0 aliphatic heterocycles. The van der Waals surface area contributed by atoms with Crippen LogP contribution in [0.5, 0.6) is 5.88 Å². The Morgan fingerprint density at radius 1 is 1.29 bits per heavy atom. The first-order chi connectivity index (χ1) is 9.89. The van der Waals surface area contributed by atoms with E-state index in [2.05, 4.69) is 20.1 Å². The van der Waals surface area contributed by atoms with E-state index < -0.39 is 25.4 Å². The quantitative estimate of drug-likeness (QED) is 0.791. The lowest BCUT2D eigenvalue weighted by molar-refractivity contribution is -0.183. The van der Waals surface area contributed by atoms with Gasteiger partial charge in [-0.15, -0.1) is 0 Å². The number of halogens is 4. The van der Waals surface area contributed by atoms with Gasteiger partial charge in [0.1, 0.15) is 19.0 Å². The van der Waals surface area contributed by atoms with Crippen molar-refractivity contribution < 1.29 is 22.3 Å². The molecule has 0 aromatic carbocycles. The Morgan fingerprint density at radius 2 is 2.05 bits per heavy atom. The van der Waals surface area contributed by atoms with Crippen LogP contribution in [0.25, 0.3) is 5.82 Å². The number of ether oxygens (including phenoxy) is 1. The van der Waals surface area contributed by atoms with Crippen LogP contribution in [0.3, 0.4) is 0 Å². The van der Waals surface area contributed by atoms with Crippen molar-refractivity contribution in [3.05, 3.63) is 24.5 Å². The summed E-state index contributed by atoms with van der Waals surface area (Å²) in [6.07, 6.45) is -4.72. The Hall–Kier alpha value is -2.26. The van der Waals surface area contributed by atoms with Gasteiger partial charge in [-0.1, -0.05) is 0 Å². The predicted molar refractivity (Wildman–Crippen MR) is 62.7 cm³/mol. The van der Waals surface area contributed by atoms with Crippen molar-refractivity contribution in [3.63, 3.8) is 0 Å². The number of hydrogen-bond donors (Lipinski definition) is 0. The summed E-state index contributed by atoms with van der Waals surface area (Å²) in [6.45, 7) is 1.17. The zero-order chi connectivity index (χ0) is 15.5. The Balaban J connectivity index is 2.03.